The van der Waals surface area contributed by atoms with Crippen LogP contribution in [0.4, 0.5) is 0 Å². The summed E-state index contributed by atoms with van der Waals surface area (Å²) in [7, 11) is 1.78. The van der Waals surface area contributed by atoms with Crippen molar-refractivity contribution in [3.05, 3.63) is 54.2 Å². The molecule has 0 aliphatic carbocycles. The fourth-order valence-corrected chi connectivity index (χ4v) is 4.64. The highest BCUT2D eigenvalue weighted by Gasteiger charge is 2.34. The van der Waals surface area contributed by atoms with Crippen LogP contribution in [0.2, 0.25) is 0 Å². The van der Waals surface area contributed by atoms with Crippen LogP contribution in [0.1, 0.15) is 54.9 Å². The summed E-state index contributed by atoms with van der Waals surface area (Å²) >= 11 is 0. The van der Waals surface area contributed by atoms with Gasteiger partial charge in [-0.25, -0.2) is 0 Å². The van der Waals surface area contributed by atoms with E-state index in [4.69, 9.17) is 14.0 Å². The zero-order valence-electron chi connectivity index (χ0n) is 25.3. The van der Waals surface area contributed by atoms with Crippen molar-refractivity contribution in [1.82, 2.24) is 15.3 Å². The van der Waals surface area contributed by atoms with Gasteiger partial charge in [0, 0.05) is 30.1 Å². The van der Waals surface area contributed by atoms with Crippen LogP contribution in [-0.2, 0) is 28.4 Å². The maximum Gasteiger partial charge on any atom is 0.323 e. The summed E-state index contributed by atoms with van der Waals surface area (Å²) in [4.78, 5) is 35.6. The zero-order valence-corrected chi connectivity index (χ0v) is 26.3. The smallest absolute Gasteiger partial charge is 0.323 e. The lowest BCUT2D eigenvalue weighted by molar-refractivity contribution is -0.149. The molecule has 2 aromatic rings. The largest absolute Gasteiger partial charge is 0.507 e. The van der Waals surface area contributed by atoms with Crippen molar-refractivity contribution in [1.29, 1.82) is 0 Å². The third kappa shape index (κ3) is 12.6. The minimum Gasteiger partial charge on any atom is -0.507 e. The predicted octanol–water partition coefficient (Wildman–Crippen LogP) is 4.87. The number of nitrogens with one attached hydrogen (secondary N) is 2. The van der Waals surface area contributed by atoms with E-state index in [-0.39, 0.29) is 39.3 Å². The molecule has 0 bridgehead atoms. The number of hydrogen-bond acceptors (Lipinski definition) is 9. The molecule has 1 fully saturated rings. The van der Waals surface area contributed by atoms with E-state index in [0.717, 1.165) is 17.2 Å². The number of aromatic hydroxyl groups is 1. The first-order valence-electron chi connectivity index (χ1n) is 13.8. The SMILES string of the molecule is C/C(=C/N(C)C1OC(COPNC(C)C(=O)OC(C)C)CC1C)C(=O)NC=O.CC.Oc1cccc2ccccc12. The van der Waals surface area contributed by atoms with Crippen LogP contribution in [0.15, 0.2) is 54.2 Å². The maximum absolute atomic E-state index is 11.7. The van der Waals surface area contributed by atoms with Gasteiger partial charge in [0.2, 0.25) is 6.41 Å². The minimum atomic E-state index is -0.440. The molecule has 11 heteroatoms. The topological polar surface area (TPSA) is 126 Å². The van der Waals surface area contributed by atoms with Crippen LogP contribution < -0.4 is 10.4 Å². The molecule has 10 nitrogen and oxygen atoms in total. The summed E-state index contributed by atoms with van der Waals surface area (Å²) in [6, 6.07) is 12.9. The van der Waals surface area contributed by atoms with Crippen molar-refractivity contribution in [2.75, 3.05) is 13.7 Å². The molecule has 3 rings (SSSR count). The molecule has 0 radical (unpaired) electrons. The normalized spacial score (nSPS) is 19.1. The van der Waals surface area contributed by atoms with Gasteiger partial charge in [0.1, 0.15) is 18.0 Å². The van der Waals surface area contributed by atoms with E-state index in [1.807, 2.05) is 62.2 Å². The van der Waals surface area contributed by atoms with Gasteiger partial charge in [0.05, 0.1) is 27.8 Å². The van der Waals surface area contributed by atoms with Crippen LogP contribution in [-0.4, -0.2) is 66.4 Å². The van der Waals surface area contributed by atoms with Crippen molar-refractivity contribution in [2.45, 2.75) is 79.4 Å². The Hall–Kier alpha value is -3.04. The molecule has 2 amide bonds. The Morgan fingerprint density at radius 3 is 2.46 bits per heavy atom. The van der Waals surface area contributed by atoms with E-state index in [1.165, 1.54) is 0 Å². The van der Waals surface area contributed by atoms with Gasteiger partial charge in [-0.05, 0) is 45.6 Å². The Morgan fingerprint density at radius 1 is 1.17 bits per heavy atom. The molecule has 5 unspecified atom stereocenters. The van der Waals surface area contributed by atoms with Gasteiger partial charge in [-0.1, -0.05) is 57.2 Å². The van der Waals surface area contributed by atoms with E-state index in [2.05, 4.69) is 17.3 Å². The number of carbonyl (C=O) groups excluding carboxylic acids is 3. The number of nitrogens with zero attached hydrogens (tertiary/aromatic N) is 1. The van der Waals surface area contributed by atoms with Crippen LogP contribution >= 0.6 is 8.96 Å². The first-order valence-corrected chi connectivity index (χ1v) is 14.7. The fraction of sp³-hybridized carbons (Fsp3) is 0.500. The lowest BCUT2D eigenvalue weighted by Crippen LogP contribution is -2.33. The third-order valence-electron chi connectivity index (χ3n) is 5.89. The number of hydrogen-bond donors (Lipinski definition) is 3. The van der Waals surface area contributed by atoms with Crippen LogP contribution in [0.25, 0.3) is 10.8 Å². The number of esters is 1. The summed E-state index contributed by atoms with van der Waals surface area (Å²) in [5, 5.41) is 16.5. The van der Waals surface area contributed by atoms with E-state index in [9.17, 15) is 19.5 Å². The summed E-state index contributed by atoms with van der Waals surface area (Å²) in [6.07, 6.45) is 2.42. The standard InChI is InChI=1S/C18H32N3O6P.C10H8O.C2H6/c1-11(2)26-18(24)14(5)20-28-25-9-15-7-12(3)17(27-15)21(6)8-13(4)16(23)19-10-22;11-10-7-3-5-8-4-1-2-6-9(8)10;1-2/h8,10-12,14-15,17,20,28H,7,9H2,1-6H3,(H,19,22,23);1-7,11H;1-2H3/b13-8-;;. The quantitative estimate of drug-likeness (QED) is 0.110. The molecule has 0 saturated carbocycles. The Kier molecular flexibility index (Phi) is 16.8. The van der Waals surface area contributed by atoms with Gasteiger partial charge in [-0.3, -0.25) is 24.8 Å². The van der Waals surface area contributed by atoms with Crippen LogP contribution in [0.5, 0.6) is 5.75 Å². The van der Waals surface area contributed by atoms with Crippen molar-refractivity contribution in [3.63, 3.8) is 0 Å². The second-order valence-electron chi connectivity index (χ2n) is 9.69. The summed E-state index contributed by atoms with van der Waals surface area (Å²) in [5.74, 6) is -0.153. The number of rotatable bonds is 11. The molecule has 1 heterocycles. The van der Waals surface area contributed by atoms with Gasteiger partial charge < -0.3 is 24.0 Å². The van der Waals surface area contributed by atoms with E-state index >= 15 is 0 Å². The molecule has 41 heavy (non-hydrogen) atoms. The van der Waals surface area contributed by atoms with Crippen molar-refractivity contribution >= 4 is 38.0 Å². The number of ether oxygens (including phenoxy) is 2. The molecule has 0 spiro atoms. The average molecular weight is 592 g/mol. The number of carbonyl (C=O) groups is 3. The summed E-state index contributed by atoms with van der Waals surface area (Å²) in [5.41, 5.74) is 0.415. The lowest BCUT2D eigenvalue weighted by Gasteiger charge is -2.26. The summed E-state index contributed by atoms with van der Waals surface area (Å²) in [6.45, 7) is 13.5. The lowest BCUT2D eigenvalue weighted by atomic mass is 10.1. The minimum absolute atomic E-state index is 0.0424. The van der Waals surface area contributed by atoms with Crippen molar-refractivity contribution in [3.8, 4) is 5.75 Å². The van der Waals surface area contributed by atoms with Gasteiger partial charge >= 0.3 is 5.97 Å². The molecule has 1 aliphatic rings. The zero-order chi connectivity index (χ0) is 30.9. The molecule has 228 valence electrons. The van der Waals surface area contributed by atoms with Crippen molar-refractivity contribution in [2.24, 2.45) is 5.92 Å². The molecule has 1 saturated heterocycles. The number of amides is 2. The highest BCUT2D eigenvalue weighted by molar-refractivity contribution is 7.29. The number of imide groups is 1. The molecular weight excluding hydrogens is 545 g/mol. The molecule has 1 aliphatic heterocycles. The first kappa shape index (κ1) is 36.0. The van der Waals surface area contributed by atoms with Gasteiger partial charge in [0.25, 0.3) is 5.91 Å². The Bertz CT molecular complexity index is 1120. The maximum atomic E-state index is 11.7. The monoisotopic (exact) mass is 591 g/mol. The fourth-order valence-electron chi connectivity index (χ4n) is 3.99. The molecule has 0 aromatic heterocycles. The number of phenolic OH excluding ortho intramolecular Hbond substituents is 1. The van der Waals surface area contributed by atoms with Gasteiger partial charge in [0.15, 0.2) is 0 Å². The van der Waals surface area contributed by atoms with E-state index in [1.54, 1.807) is 40.0 Å². The van der Waals surface area contributed by atoms with Crippen LogP contribution in [0.3, 0.4) is 0 Å². The van der Waals surface area contributed by atoms with E-state index < -0.39 is 11.9 Å². The van der Waals surface area contributed by atoms with E-state index in [0.29, 0.717) is 24.3 Å². The van der Waals surface area contributed by atoms with Gasteiger partial charge in [-0.15, -0.1) is 0 Å². The highest BCUT2D eigenvalue weighted by atomic mass is 31.1. The number of benzene rings is 2. The number of phenols is 1. The second kappa shape index (κ2) is 19.1. The summed E-state index contributed by atoms with van der Waals surface area (Å²) < 4.78 is 16.8. The van der Waals surface area contributed by atoms with Crippen LogP contribution in [0, 0.1) is 5.92 Å². The Balaban J connectivity index is 0.000000529. The third-order valence-corrected chi connectivity index (χ3v) is 6.75. The number of fused-ring (bicyclic) bond motifs is 1. The molecule has 5 atom stereocenters. The molecule has 2 aromatic carbocycles. The second-order valence-corrected chi connectivity index (χ2v) is 10.5. The first-order chi connectivity index (χ1) is 19.5. The Morgan fingerprint density at radius 2 is 1.83 bits per heavy atom. The molecular formula is C30H46N3O7P. The van der Waals surface area contributed by atoms with Gasteiger partial charge in [-0.2, -0.15) is 0 Å². The Labute approximate surface area is 245 Å². The molecule has 3 N–H and O–H groups in total. The van der Waals surface area contributed by atoms with Crippen molar-refractivity contribution < 1.29 is 33.5 Å². The highest BCUT2D eigenvalue weighted by Crippen LogP contribution is 2.29. The average Bonchev–Trinajstić information content (AvgIpc) is 3.32. The predicted molar refractivity (Wildman–Crippen MR) is 163 cm³/mol.